The van der Waals surface area contributed by atoms with Crippen molar-refractivity contribution in [3.8, 4) is 0 Å². The Morgan fingerprint density at radius 1 is 1.19 bits per heavy atom. The van der Waals surface area contributed by atoms with Gasteiger partial charge in [-0.2, -0.15) is 0 Å². The summed E-state index contributed by atoms with van der Waals surface area (Å²) < 4.78 is 0. The molecule has 1 fully saturated rings. The van der Waals surface area contributed by atoms with Crippen molar-refractivity contribution in [3.63, 3.8) is 0 Å². The number of Topliss-reactive ketones (excluding diaryl/α,β-unsaturated/α-hetero) is 1. The van der Waals surface area contributed by atoms with Gasteiger partial charge in [-0.15, -0.1) is 0 Å². The predicted molar refractivity (Wildman–Crippen MR) is 62.7 cm³/mol. The maximum Gasteiger partial charge on any atom is 0.226 e. The second kappa shape index (κ2) is 4.47. The molecule has 1 heterocycles. The highest BCUT2D eigenvalue weighted by Crippen LogP contribution is 2.21. The number of piperidine rings is 1. The van der Waals surface area contributed by atoms with Crippen molar-refractivity contribution in [2.24, 2.45) is 0 Å². The molecule has 0 aliphatic carbocycles. The number of ketones is 1. The first-order chi connectivity index (χ1) is 7.68. The lowest BCUT2D eigenvalue weighted by molar-refractivity contribution is -0.119. The topological polar surface area (TPSA) is 37.4 Å². The highest BCUT2D eigenvalue weighted by atomic mass is 16.2. The molecule has 3 heteroatoms. The van der Waals surface area contributed by atoms with Crippen molar-refractivity contribution < 1.29 is 9.59 Å². The van der Waals surface area contributed by atoms with Gasteiger partial charge < -0.3 is 4.90 Å². The Balaban J connectivity index is 2.20. The van der Waals surface area contributed by atoms with E-state index >= 15 is 0 Å². The number of nitrogens with zero attached hydrogens (tertiary/aromatic N) is 1. The number of hydrogen-bond donors (Lipinski definition) is 0. The van der Waals surface area contributed by atoms with E-state index in [0.717, 1.165) is 25.1 Å². The monoisotopic (exact) mass is 217 g/mol. The van der Waals surface area contributed by atoms with Crippen LogP contribution in [0.5, 0.6) is 0 Å². The average Bonchev–Trinajstić information content (AvgIpc) is 2.30. The van der Waals surface area contributed by atoms with Gasteiger partial charge in [0.25, 0.3) is 0 Å². The van der Waals surface area contributed by atoms with E-state index in [1.165, 1.54) is 0 Å². The summed E-state index contributed by atoms with van der Waals surface area (Å²) in [6, 6.07) is 7.25. The van der Waals surface area contributed by atoms with E-state index in [1.54, 1.807) is 24.0 Å². The minimum Gasteiger partial charge on any atom is -0.312 e. The smallest absolute Gasteiger partial charge is 0.226 e. The van der Waals surface area contributed by atoms with Crippen molar-refractivity contribution >= 4 is 17.4 Å². The molecule has 0 N–H and O–H groups in total. The van der Waals surface area contributed by atoms with Crippen LogP contribution in [0.4, 0.5) is 5.69 Å². The van der Waals surface area contributed by atoms with Crippen LogP contribution in [0.2, 0.25) is 0 Å². The van der Waals surface area contributed by atoms with Crippen LogP contribution in [0.1, 0.15) is 36.5 Å². The van der Waals surface area contributed by atoms with Gasteiger partial charge in [0.1, 0.15) is 0 Å². The SMILES string of the molecule is CC(=O)c1ccc(N2CCCCC2=O)cc1. The first-order valence-electron chi connectivity index (χ1n) is 5.60. The summed E-state index contributed by atoms with van der Waals surface area (Å²) in [6.07, 6.45) is 2.68. The molecule has 1 aromatic rings. The molecule has 0 saturated carbocycles. The van der Waals surface area contributed by atoms with Crippen LogP contribution in [0.15, 0.2) is 24.3 Å². The van der Waals surface area contributed by atoms with E-state index in [1.807, 2.05) is 12.1 Å². The Kier molecular flexibility index (Phi) is 3.04. The lowest BCUT2D eigenvalue weighted by Crippen LogP contribution is -2.35. The molecule has 1 aliphatic heterocycles. The molecule has 3 nitrogen and oxygen atoms in total. The van der Waals surface area contributed by atoms with Gasteiger partial charge in [0.2, 0.25) is 5.91 Å². The molecule has 1 amide bonds. The van der Waals surface area contributed by atoms with E-state index in [2.05, 4.69) is 0 Å². The van der Waals surface area contributed by atoms with Gasteiger partial charge in [-0.05, 0) is 44.0 Å². The van der Waals surface area contributed by atoms with E-state index in [-0.39, 0.29) is 11.7 Å². The number of rotatable bonds is 2. The summed E-state index contributed by atoms with van der Waals surface area (Å²) in [5.74, 6) is 0.235. The number of benzene rings is 1. The van der Waals surface area contributed by atoms with Crippen LogP contribution < -0.4 is 4.90 Å². The number of amides is 1. The molecular formula is C13H15NO2. The van der Waals surface area contributed by atoms with Crippen LogP contribution in [0, 0.1) is 0 Å². The summed E-state index contributed by atoms with van der Waals surface area (Å²) >= 11 is 0. The first kappa shape index (κ1) is 10.9. The number of hydrogen-bond acceptors (Lipinski definition) is 2. The highest BCUT2D eigenvalue weighted by Gasteiger charge is 2.19. The fourth-order valence-corrected chi connectivity index (χ4v) is 1.95. The van der Waals surface area contributed by atoms with Gasteiger partial charge in [-0.3, -0.25) is 9.59 Å². The molecule has 84 valence electrons. The maximum atomic E-state index is 11.7. The molecule has 1 saturated heterocycles. The third-order valence-corrected chi connectivity index (χ3v) is 2.91. The largest absolute Gasteiger partial charge is 0.312 e. The second-order valence-electron chi connectivity index (χ2n) is 4.11. The molecule has 1 aliphatic rings. The summed E-state index contributed by atoms with van der Waals surface area (Å²) in [4.78, 5) is 24.6. The van der Waals surface area contributed by atoms with E-state index in [9.17, 15) is 9.59 Å². The van der Waals surface area contributed by atoms with Crippen molar-refractivity contribution in [3.05, 3.63) is 29.8 Å². The van der Waals surface area contributed by atoms with Gasteiger partial charge in [0.15, 0.2) is 5.78 Å². The molecule has 16 heavy (non-hydrogen) atoms. The van der Waals surface area contributed by atoms with Crippen LogP contribution in [-0.4, -0.2) is 18.2 Å². The van der Waals surface area contributed by atoms with E-state index in [0.29, 0.717) is 12.0 Å². The molecule has 0 unspecified atom stereocenters. The third-order valence-electron chi connectivity index (χ3n) is 2.91. The van der Waals surface area contributed by atoms with Crippen LogP contribution >= 0.6 is 0 Å². The molecule has 1 aromatic carbocycles. The molecule has 0 atom stereocenters. The zero-order chi connectivity index (χ0) is 11.5. The first-order valence-corrected chi connectivity index (χ1v) is 5.60. The average molecular weight is 217 g/mol. The van der Waals surface area contributed by atoms with Crippen LogP contribution in [0.3, 0.4) is 0 Å². The van der Waals surface area contributed by atoms with Crippen LogP contribution in [0.25, 0.3) is 0 Å². The van der Waals surface area contributed by atoms with Crippen LogP contribution in [-0.2, 0) is 4.79 Å². The Labute approximate surface area is 95.1 Å². The zero-order valence-electron chi connectivity index (χ0n) is 9.40. The molecule has 0 bridgehead atoms. The standard InChI is InChI=1S/C13H15NO2/c1-10(15)11-5-7-12(8-6-11)14-9-3-2-4-13(14)16/h5-8H,2-4,9H2,1H3. The van der Waals surface area contributed by atoms with Crippen molar-refractivity contribution in [2.45, 2.75) is 26.2 Å². The van der Waals surface area contributed by atoms with Gasteiger partial charge in [0.05, 0.1) is 0 Å². The Hall–Kier alpha value is -1.64. The molecule has 0 spiro atoms. The number of anilines is 1. The van der Waals surface area contributed by atoms with Gasteiger partial charge in [-0.25, -0.2) is 0 Å². The minimum absolute atomic E-state index is 0.0523. The zero-order valence-corrected chi connectivity index (χ0v) is 9.40. The lowest BCUT2D eigenvalue weighted by Gasteiger charge is -2.26. The minimum atomic E-state index is 0.0523. The highest BCUT2D eigenvalue weighted by molar-refractivity contribution is 5.96. The molecular weight excluding hydrogens is 202 g/mol. The summed E-state index contributed by atoms with van der Waals surface area (Å²) in [5, 5.41) is 0. The Morgan fingerprint density at radius 2 is 1.88 bits per heavy atom. The van der Waals surface area contributed by atoms with Crippen molar-refractivity contribution in [1.29, 1.82) is 0 Å². The molecule has 0 radical (unpaired) electrons. The van der Waals surface area contributed by atoms with Crippen molar-refractivity contribution in [2.75, 3.05) is 11.4 Å². The number of carbonyl (C=O) groups is 2. The van der Waals surface area contributed by atoms with E-state index in [4.69, 9.17) is 0 Å². The quantitative estimate of drug-likeness (QED) is 0.713. The molecule has 2 rings (SSSR count). The number of carbonyl (C=O) groups excluding carboxylic acids is 2. The summed E-state index contributed by atoms with van der Waals surface area (Å²) in [7, 11) is 0. The Morgan fingerprint density at radius 3 is 2.44 bits per heavy atom. The van der Waals surface area contributed by atoms with Gasteiger partial charge in [0, 0.05) is 24.2 Å². The Bertz CT molecular complexity index is 408. The predicted octanol–water partition coefficient (Wildman–Crippen LogP) is 2.41. The van der Waals surface area contributed by atoms with Gasteiger partial charge in [-0.1, -0.05) is 0 Å². The summed E-state index contributed by atoms with van der Waals surface area (Å²) in [6.45, 7) is 2.33. The maximum absolute atomic E-state index is 11.7. The van der Waals surface area contributed by atoms with Gasteiger partial charge >= 0.3 is 0 Å². The molecule has 0 aromatic heterocycles. The fourth-order valence-electron chi connectivity index (χ4n) is 1.95. The van der Waals surface area contributed by atoms with Crippen molar-refractivity contribution in [1.82, 2.24) is 0 Å². The fraction of sp³-hybridized carbons (Fsp3) is 0.385. The second-order valence-corrected chi connectivity index (χ2v) is 4.11. The third kappa shape index (κ3) is 2.13. The summed E-state index contributed by atoms with van der Waals surface area (Å²) in [5.41, 5.74) is 1.59. The van der Waals surface area contributed by atoms with E-state index < -0.39 is 0 Å². The normalized spacial score (nSPS) is 16.3. The lowest BCUT2D eigenvalue weighted by atomic mass is 10.1.